The molecule has 5 nitrogen and oxygen atoms in total. The third-order valence-electron chi connectivity index (χ3n) is 5.53. The lowest BCUT2D eigenvalue weighted by Gasteiger charge is -2.34. The van der Waals surface area contributed by atoms with Gasteiger partial charge in [-0.25, -0.2) is 4.39 Å². The van der Waals surface area contributed by atoms with E-state index in [-0.39, 0.29) is 17.8 Å². The van der Waals surface area contributed by atoms with Crippen LogP contribution in [0.5, 0.6) is 0 Å². The predicted octanol–water partition coefficient (Wildman–Crippen LogP) is 2.68. The Morgan fingerprint density at radius 3 is 2.42 bits per heavy atom. The highest BCUT2D eigenvalue weighted by atomic mass is 19.1. The Hall–Kier alpha value is -2.31. The highest BCUT2D eigenvalue weighted by Crippen LogP contribution is 2.31. The molecule has 136 valence electrons. The number of pyridine rings is 1. The summed E-state index contributed by atoms with van der Waals surface area (Å²) < 4.78 is 13.1. The van der Waals surface area contributed by atoms with Gasteiger partial charge < -0.3 is 4.90 Å². The van der Waals surface area contributed by atoms with Gasteiger partial charge in [-0.3, -0.25) is 20.6 Å². The van der Waals surface area contributed by atoms with Crippen molar-refractivity contribution < 1.29 is 9.18 Å². The number of hydrogen-bond acceptors (Lipinski definition) is 4. The van der Waals surface area contributed by atoms with Gasteiger partial charge in [0.2, 0.25) is 0 Å². The second-order valence-corrected chi connectivity index (χ2v) is 7.10. The highest BCUT2D eigenvalue weighted by Gasteiger charge is 2.34. The molecule has 26 heavy (non-hydrogen) atoms. The first-order valence-electron chi connectivity index (χ1n) is 9.16. The number of likely N-dealkylation sites (tertiary alicyclic amines) is 1. The lowest BCUT2D eigenvalue weighted by atomic mass is 9.86. The van der Waals surface area contributed by atoms with E-state index in [1.807, 2.05) is 17.0 Å². The van der Waals surface area contributed by atoms with Gasteiger partial charge in [0.25, 0.3) is 5.91 Å². The zero-order chi connectivity index (χ0) is 17.9. The van der Waals surface area contributed by atoms with Crippen LogP contribution in [0.1, 0.15) is 41.2 Å². The van der Waals surface area contributed by atoms with Gasteiger partial charge in [0.05, 0.1) is 0 Å². The lowest BCUT2D eigenvalue weighted by molar-refractivity contribution is 0.0673. The van der Waals surface area contributed by atoms with E-state index in [1.54, 1.807) is 24.5 Å². The number of carbonyl (C=O) groups is 1. The second kappa shape index (κ2) is 7.51. The quantitative estimate of drug-likeness (QED) is 0.890. The number of amides is 1. The Kier molecular flexibility index (Phi) is 4.95. The van der Waals surface area contributed by atoms with Gasteiger partial charge in [0.1, 0.15) is 5.82 Å². The summed E-state index contributed by atoms with van der Waals surface area (Å²) in [5, 5.41) is 0. The number of rotatable bonds is 3. The Balaban J connectivity index is 1.31. The molecular formula is C20H23FN4O. The highest BCUT2D eigenvalue weighted by molar-refractivity contribution is 5.94. The average molecular weight is 354 g/mol. The molecule has 0 radical (unpaired) electrons. The molecular weight excluding hydrogens is 331 g/mol. The van der Waals surface area contributed by atoms with E-state index in [4.69, 9.17) is 0 Å². The van der Waals surface area contributed by atoms with Gasteiger partial charge in [0, 0.05) is 43.1 Å². The molecule has 2 aliphatic heterocycles. The van der Waals surface area contributed by atoms with Crippen LogP contribution in [0.4, 0.5) is 4.39 Å². The van der Waals surface area contributed by atoms with Crippen molar-refractivity contribution in [1.29, 1.82) is 0 Å². The fourth-order valence-corrected chi connectivity index (χ4v) is 3.99. The molecule has 2 N–H and O–H groups in total. The van der Waals surface area contributed by atoms with Crippen LogP contribution < -0.4 is 10.9 Å². The largest absolute Gasteiger partial charge is 0.339 e. The SMILES string of the molecule is O=C(c1ccncc1)N1CCC(C2CC(c3ccc(F)cc3)NN2)CC1. The van der Waals surface area contributed by atoms with E-state index < -0.39 is 0 Å². The monoisotopic (exact) mass is 354 g/mol. The maximum absolute atomic E-state index is 13.1. The fourth-order valence-electron chi connectivity index (χ4n) is 3.99. The molecule has 6 heteroatoms. The van der Waals surface area contributed by atoms with Crippen molar-refractivity contribution in [1.82, 2.24) is 20.7 Å². The van der Waals surface area contributed by atoms with Crippen LogP contribution in [0.3, 0.4) is 0 Å². The molecule has 2 unspecified atom stereocenters. The van der Waals surface area contributed by atoms with Gasteiger partial charge in [-0.05, 0) is 55.0 Å². The van der Waals surface area contributed by atoms with E-state index in [2.05, 4.69) is 15.8 Å². The molecule has 0 spiro atoms. The van der Waals surface area contributed by atoms with E-state index in [0.29, 0.717) is 17.5 Å². The Bertz CT molecular complexity index is 744. The molecule has 0 aliphatic carbocycles. The lowest BCUT2D eigenvalue weighted by Crippen LogP contribution is -2.44. The van der Waals surface area contributed by atoms with Crippen molar-refractivity contribution in [3.8, 4) is 0 Å². The van der Waals surface area contributed by atoms with E-state index in [1.165, 1.54) is 12.1 Å². The molecule has 2 fully saturated rings. The first kappa shape index (κ1) is 17.1. The van der Waals surface area contributed by atoms with Crippen LogP contribution in [-0.4, -0.2) is 34.9 Å². The van der Waals surface area contributed by atoms with Crippen LogP contribution in [0.15, 0.2) is 48.8 Å². The minimum atomic E-state index is -0.206. The number of benzene rings is 1. The number of hydrogen-bond donors (Lipinski definition) is 2. The molecule has 1 aromatic heterocycles. The second-order valence-electron chi connectivity index (χ2n) is 7.10. The van der Waals surface area contributed by atoms with Crippen LogP contribution in [0.2, 0.25) is 0 Å². The van der Waals surface area contributed by atoms with Crippen LogP contribution >= 0.6 is 0 Å². The van der Waals surface area contributed by atoms with Crippen molar-refractivity contribution in [2.45, 2.75) is 31.3 Å². The van der Waals surface area contributed by atoms with Gasteiger partial charge in [-0.2, -0.15) is 0 Å². The molecule has 2 atom stereocenters. The molecule has 3 heterocycles. The summed E-state index contributed by atoms with van der Waals surface area (Å²) in [6.45, 7) is 1.57. The number of halogens is 1. The first-order valence-corrected chi connectivity index (χ1v) is 9.16. The molecule has 0 saturated carbocycles. The van der Waals surface area contributed by atoms with Crippen LogP contribution in [-0.2, 0) is 0 Å². The van der Waals surface area contributed by atoms with Crippen molar-refractivity contribution in [3.05, 3.63) is 65.7 Å². The van der Waals surface area contributed by atoms with Crippen molar-refractivity contribution in [2.24, 2.45) is 5.92 Å². The zero-order valence-electron chi connectivity index (χ0n) is 14.6. The smallest absolute Gasteiger partial charge is 0.253 e. The molecule has 1 amide bonds. The normalized spacial score (nSPS) is 24.0. The third kappa shape index (κ3) is 3.61. The molecule has 0 bridgehead atoms. The summed E-state index contributed by atoms with van der Waals surface area (Å²) >= 11 is 0. The standard InChI is InChI=1S/C20H23FN4O/c21-17-3-1-14(2-4-17)18-13-19(24-23-18)15-7-11-25(12-8-15)20(26)16-5-9-22-10-6-16/h1-6,9-10,15,18-19,23-24H,7-8,11-13H2. The van der Waals surface area contributed by atoms with Gasteiger partial charge in [-0.15, -0.1) is 0 Å². The molecule has 2 aliphatic rings. The van der Waals surface area contributed by atoms with Gasteiger partial charge in [0.15, 0.2) is 0 Å². The minimum absolute atomic E-state index is 0.0903. The number of hydrazine groups is 1. The van der Waals surface area contributed by atoms with E-state index in [0.717, 1.165) is 37.9 Å². The zero-order valence-corrected chi connectivity index (χ0v) is 14.6. The predicted molar refractivity (Wildman–Crippen MR) is 96.7 cm³/mol. The van der Waals surface area contributed by atoms with E-state index in [9.17, 15) is 9.18 Å². The first-order chi connectivity index (χ1) is 12.7. The summed E-state index contributed by atoms with van der Waals surface area (Å²) in [6.07, 6.45) is 6.28. The number of nitrogens with zero attached hydrogens (tertiary/aromatic N) is 2. The summed E-state index contributed by atoms with van der Waals surface area (Å²) in [7, 11) is 0. The number of piperidine rings is 1. The van der Waals surface area contributed by atoms with E-state index >= 15 is 0 Å². The van der Waals surface area contributed by atoms with Crippen molar-refractivity contribution in [2.75, 3.05) is 13.1 Å². The minimum Gasteiger partial charge on any atom is -0.339 e. The third-order valence-corrected chi connectivity index (χ3v) is 5.53. The van der Waals surface area contributed by atoms with Crippen molar-refractivity contribution >= 4 is 5.91 Å². The summed E-state index contributed by atoms with van der Waals surface area (Å²) in [5.41, 5.74) is 8.56. The topological polar surface area (TPSA) is 57.3 Å². The number of aromatic nitrogens is 1. The Morgan fingerprint density at radius 1 is 1.04 bits per heavy atom. The summed E-state index contributed by atoms with van der Waals surface area (Å²) in [5.74, 6) is 0.421. The number of carbonyl (C=O) groups excluding carboxylic acids is 1. The Labute approximate surface area is 152 Å². The maximum Gasteiger partial charge on any atom is 0.253 e. The average Bonchev–Trinajstić information content (AvgIpc) is 3.19. The maximum atomic E-state index is 13.1. The van der Waals surface area contributed by atoms with Crippen LogP contribution in [0.25, 0.3) is 0 Å². The molecule has 2 saturated heterocycles. The van der Waals surface area contributed by atoms with Crippen LogP contribution in [0, 0.1) is 11.7 Å². The number of nitrogens with one attached hydrogen (secondary N) is 2. The summed E-state index contributed by atoms with van der Waals surface area (Å²) in [4.78, 5) is 18.4. The van der Waals surface area contributed by atoms with Gasteiger partial charge >= 0.3 is 0 Å². The van der Waals surface area contributed by atoms with Gasteiger partial charge in [-0.1, -0.05) is 12.1 Å². The molecule has 1 aromatic carbocycles. The Morgan fingerprint density at radius 2 is 1.73 bits per heavy atom. The molecule has 4 rings (SSSR count). The van der Waals surface area contributed by atoms with Crippen molar-refractivity contribution in [3.63, 3.8) is 0 Å². The molecule has 2 aromatic rings. The fraction of sp³-hybridized carbons (Fsp3) is 0.400. The summed E-state index contributed by atoms with van der Waals surface area (Å²) in [6, 6.07) is 10.8.